The molecule has 0 fully saturated rings. The van der Waals surface area contributed by atoms with Gasteiger partial charge < -0.3 is 9.15 Å². The summed E-state index contributed by atoms with van der Waals surface area (Å²) < 4.78 is 12.8. The summed E-state index contributed by atoms with van der Waals surface area (Å²) in [5.41, 5.74) is 1.95. The molecule has 132 valence electrons. The number of ether oxygens (including phenoxy) is 1. The fraction of sp³-hybridized carbons (Fsp3) is 0.100. The van der Waals surface area contributed by atoms with Gasteiger partial charge in [-0.2, -0.15) is 0 Å². The second-order valence-electron chi connectivity index (χ2n) is 5.55. The molecule has 0 unspecified atom stereocenters. The van der Waals surface area contributed by atoms with E-state index in [1.54, 1.807) is 24.3 Å². The summed E-state index contributed by atoms with van der Waals surface area (Å²) in [6.45, 7) is 3.70. The number of carbonyl (C=O) groups excluding carboxylic acids is 1. The maximum Gasteiger partial charge on any atom is 0.344 e. The zero-order valence-corrected chi connectivity index (χ0v) is 17.3. The maximum atomic E-state index is 12.7. The lowest BCUT2D eigenvalue weighted by Crippen LogP contribution is -2.06. The van der Waals surface area contributed by atoms with Gasteiger partial charge in [-0.25, -0.2) is 9.78 Å². The molecule has 0 aliphatic heterocycles. The second-order valence-corrected chi connectivity index (χ2v) is 7.26. The molecule has 1 heterocycles. The molecule has 6 heteroatoms. The average Bonchev–Trinajstić information content (AvgIpc) is 2.92. The van der Waals surface area contributed by atoms with Crippen LogP contribution in [0.2, 0.25) is 0 Å². The number of oxazole rings is 1. The predicted octanol–water partition coefficient (Wildman–Crippen LogP) is 6.17. The molecule has 0 aliphatic carbocycles. The summed E-state index contributed by atoms with van der Waals surface area (Å²) in [5, 5.41) is 0. The molecule has 0 N–H and O–H groups in total. The van der Waals surface area contributed by atoms with Crippen molar-refractivity contribution < 1.29 is 13.9 Å². The molecule has 3 aromatic rings. The molecule has 2 aromatic carbocycles. The smallest absolute Gasteiger partial charge is 0.344 e. The van der Waals surface area contributed by atoms with Crippen LogP contribution in [0.5, 0.6) is 0 Å². The van der Waals surface area contributed by atoms with Crippen LogP contribution < -0.4 is 0 Å². The van der Waals surface area contributed by atoms with E-state index in [1.807, 2.05) is 44.2 Å². The van der Waals surface area contributed by atoms with Crippen LogP contribution in [0.4, 0.5) is 0 Å². The van der Waals surface area contributed by atoms with Crippen molar-refractivity contribution in [2.75, 3.05) is 0 Å². The number of hydrogen-bond acceptors (Lipinski definition) is 4. The Morgan fingerprint density at radius 3 is 2.12 bits per heavy atom. The fourth-order valence-corrected chi connectivity index (χ4v) is 3.20. The van der Waals surface area contributed by atoms with Crippen molar-refractivity contribution in [3.63, 3.8) is 0 Å². The van der Waals surface area contributed by atoms with Crippen molar-refractivity contribution >= 4 is 49.7 Å². The van der Waals surface area contributed by atoms with E-state index in [2.05, 4.69) is 36.8 Å². The third-order valence-electron chi connectivity index (χ3n) is 3.74. The molecular weight excluding hydrogens is 462 g/mol. The largest absolute Gasteiger partial charge is 0.442 e. The minimum absolute atomic E-state index is 0.347. The van der Waals surface area contributed by atoms with Crippen molar-refractivity contribution in [1.82, 2.24) is 4.98 Å². The first kappa shape index (κ1) is 18.6. The standard InChI is InChI=1S/C20H15Br2NO3/c1-12-13(2)25-19(23-12)11-18(14-7-3-5-9-16(14)21)26-20(24)15-8-4-6-10-17(15)22/h3-11H,1-2H3/b18-11-. The summed E-state index contributed by atoms with van der Waals surface area (Å²) in [5.74, 6) is 0.976. The third kappa shape index (κ3) is 4.14. The van der Waals surface area contributed by atoms with Crippen molar-refractivity contribution in [1.29, 1.82) is 0 Å². The lowest BCUT2D eigenvalue weighted by molar-refractivity contribution is 0.0692. The summed E-state index contributed by atoms with van der Waals surface area (Å²) >= 11 is 6.87. The number of hydrogen-bond donors (Lipinski definition) is 0. The van der Waals surface area contributed by atoms with Gasteiger partial charge in [-0.3, -0.25) is 0 Å². The van der Waals surface area contributed by atoms with Crippen LogP contribution in [0, 0.1) is 13.8 Å². The topological polar surface area (TPSA) is 52.3 Å². The Balaban J connectivity index is 2.02. The molecule has 0 saturated heterocycles. The predicted molar refractivity (Wildman–Crippen MR) is 108 cm³/mol. The Bertz CT molecular complexity index is 973. The molecule has 1 aromatic heterocycles. The quantitative estimate of drug-likeness (QED) is 0.333. The fourth-order valence-electron chi connectivity index (χ4n) is 2.28. The highest BCUT2D eigenvalue weighted by atomic mass is 79.9. The Hall–Kier alpha value is -2.18. The molecule has 4 nitrogen and oxygen atoms in total. The number of benzene rings is 2. The first-order valence-corrected chi connectivity index (χ1v) is 9.41. The molecule has 3 rings (SSSR count). The van der Waals surface area contributed by atoms with Crippen molar-refractivity contribution in [3.05, 3.63) is 85.9 Å². The lowest BCUT2D eigenvalue weighted by atomic mass is 10.1. The van der Waals surface area contributed by atoms with Gasteiger partial charge in [-0.15, -0.1) is 0 Å². The maximum absolute atomic E-state index is 12.7. The highest BCUT2D eigenvalue weighted by Crippen LogP contribution is 2.29. The zero-order chi connectivity index (χ0) is 18.7. The number of nitrogens with zero attached hydrogens (tertiary/aromatic N) is 1. The molecule has 26 heavy (non-hydrogen) atoms. The Labute approximate surface area is 168 Å². The summed E-state index contributed by atoms with van der Waals surface area (Å²) in [4.78, 5) is 17.0. The monoisotopic (exact) mass is 475 g/mol. The number of aryl methyl sites for hydroxylation is 2. The molecule has 0 amide bonds. The van der Waals surface area contributed by atoms with Gasteiger partial charge in [0.25, 0.3) is 0 Å². The number of carbonyl (C=O) groups is 1. The van der Waals surface area contributed by atoms with E-state index >= 15 is 0 Å². The van der Waals surface area contributed by atoms with E-state index in [1.165, 1.54) is 0 Å². The van der Waals surface area contributed by atoms with Crippen molar-refractivity contribution in [2.24, 2.45) is 0 Å². The highest BCUT2D eigenvalue weighted by molar-refractivity contribution is 9.10. The first-order valence-electron chi connectivity index (χ1n) is 7.83. The number of aromatic nitrogens is 1. The van der Waals surface area contributed by atoms with E-state index < -0.39 is 5.97 Å². The minimum Gasteiger partial charge on any atom is -0.442 e. The van der Waals surface area contributed by atoms with Gasteiger partial charge in [-0.1, -0.05) is 46.3 Å². The molecule has 0 spiro atoms. The van der Waals surface area contributed by atoms with Gasteiger partial charge in [0, 0.05) is 20.6 Å². The van der Waals surface area contributed by atoms with Gasteiger partial charge in [0.15, 0.2) is 0 Å². The molecule has 0 aliphatic rings. The highest BCUT2D eigenvalue weighted by Gasteiger charge is 2.17. The van der Waals surface area contributed by atoms with Crippen LogP contribution in [0.3, 0.4) is 0 Å². The summed E-state index contributed by atoms with van der Waals surface area (Å²) in [6, 6.07) is 14.6. The van der Waals surface area contributed by atoms with Crippen molar-refractivity contribution in [3.8, 4) is 0 Å². The van der Waals surface area contributed by atoms with E-state index in [-0.39, 0.29) is 0 Å². The molecule has 0 atom stereocenters. The summed E-state index contributed by atoms with van der Waals surface area (Å²) in [6.07, 6.45) is 1.62. The Kier molecular flexibility index (Phi) is 5.74. The number of rotatable bonds is 4. The lowest BCUT2D eigenvalue weighted by Gasteiger charge is -2.11. The van der Waals surface area contributed by atoms with Gasteiger partial charge in [-0.05, 0) is 48.0 Å². The van der Waals surface area contributed by atoms with Crippen LogP contribution in [-0.4, -0.2) is 11.0 Å². The van der Waals surface area contributed by atoms with Gasteiger partial charge >= 0.3 is 5.97 Å². The molecule has 0 saturated carbocycles. The SMILES string of the molecule is Cc1nc(/C=C(\OC(=O)c2ccccc2Br)c2ccccc2Br)oc1C. The van der Waals surface area contributed by atoms with E-state index in [9.17, 15) is 4.79 Å². The molecular formula is C20H15Br2NO3. The Morgan fingerprint density at radius 1 is 1.00 bits per heavy atom. The zero-order valence-electron chi connectivity index (χ0n) is 14.1. The van der Waals surface area contributed by atoms with Crippen LogP contribution in [0.25, 0.3) is 11.8 Å². The minimum atomic E-state index is -0.473. The third-order valence-corrected chi connectivity index (χ3v) is 5.12. The average molecular weight is 477 g/mol. The van der Waals surface area contributed by atoms with Gasteiger partial charge in [0.1, 0.15) is 11.5 Å². The van der Waals surface area contributed by atoms with E-state index in [0.717, 1.165) is 21.5 Å². The number of esters is 1. The molecule has 0 bridgehead atoms. The van der Waals surface area contributed by atoms with Crippen LogP contribution in [0.1, 0.15) is 33.3 Å². The first-order chi connectivity index (χ1) is 12.5. The molecule has 0 radical (unpaired) electrons. The van der Waals surface area contributed by atoms with Gasteiger partial charge in [0.2, 0.25) is 5.89 Å². The van der Waals surface area contributed by atoms with Crippen LogP contribution >= 0.6 is 31.9 Å². The summed E-state index contributed by atoms with van der Waals surface area (Å²) in [7, 11) is 0. The van der Waals surface area contributed by atoms with E-state index in [4.69, 9.17) is 9.15 Å². The second kappa shape index (κ2) is 8.01. The van der Waals surface area contributed by atoms with Gasteiger partial charge in [0.05, 0.1) is 11.3 Å². The normalized spacial score (nSPS) is 11.5. The van der Waals surface area contributed by atoms with E-state index in [0.29, 0.717) is 21.7 Å². The van der Waals surface area contributed by atoms with Crippen LogP contribution in [0.15, 0.2) is 61.9 Å². The van der Waals surface area contributed by atoms with Crippen LogP contribution in [-0.2, 0) is 4.74 Å². The Morgan fingerprint density at radius 2 is 1.58 bits per heavy atom. The van der Waals surface area contributed by atoms with Crippen molar-refractivity contribution in [2.45, 2.75) is 13.8 Å². The number of halogens is 2.